The van der Waals surface area contributed by atoms with Crippen LogP contribution in [0.25, 0.3) is 6.08 Å². The van der Waals surface area contributed by atoms with E-state index < -0.39 is 23.8 Å². The van der Waals surface area contributed by atoms with Gasteiger partial charge < -0.3 is 10.1 Å². The fraction of sp³-hybridized carbons (Fsp3) is 0.0400. The minimum atomic E-state index is -0.857. The number of halogens is 3. The maximum atomic E-state index is 13.0. The van der Waals surface area contributed by atoms with E-state index in [9.17, 15) is 19.2 Å². The van der Waals surface area contributed by atoms with Crippen LogP contribution >= 0.6 is 39.1 Å². The van der Waals surface area contributed by atoms with Gasteiger partial charge in [-0.1, -0.05) is 41.4 Å². The van der Waals surface area contributed by atoms with Crippen molar-refractivity contribution < 1.29 is 23.9 Å². The molecule has 0 spiro atoms. The number of barbiturate groups is 1. The number of para-hydroxylation sites is 1. The maximum Gasteiger partial charge on any atom is 0.335 e. The first-order valence-corrected chi connectivity index (χ1v) is 11.9. The first-order chi connectivity index (χ1) is 17.2. The Kier molecular flexibility index (Phi) is 7.73. The highest BCUT2D eigenvalue weighted by atomic mass is 79.9. The van der Waals surface area contributed by atoms with E-state index >= 15 is 0 Å². The van der Waals surface area contributed by atoms with Crippen molar-refractivity contribution in [2.75, 3.05) is 16.8 Å². The minimum absolute atomic E-state index is 0.232. The van der Waals surface area contributed by atoms with E-state index in [-0.39, 0.29) is 17.9 Å². The van der Waals surface area contributed by atoms with Gasteiger partial charge in [-0.05, 0) is 76.1 Å². The van der Waals surface area contributed by atoms with Crippen LogP contribution in [0.3, 0.4) is 0 Å². The Morgan fingerprint density at radius 1 is 1.03 bits per heavy atom. The van der Waals surface area contributed by atoms with Gasteiger partial charge in [-0.25, -0.2) is 9.69 Å². The van der Waals surface area contributed by atoms with E-state index in [1.54, 1.807) is 42.5 Å². The summed E-state index contributed by atoms with van der Waals surface area (Å²) in [5.74, 6) is -1.64. The van der Waals surface area contributed by atoms with E-state index in [4.69, 9.17) is 27.9 Å². The quantitative estimate of drug-likeness (QED) is 0.295. The van der Waals surface area contributed by atoms with Crippen LogP contribution in [0.15, 0.2) is 76.8 Å². The summed E-state index contributed by atoms with van der Waals surface area (Å²) in [6.45, 7) is -0.274. The number of benzene rings is 3. The van der Waals surface area contributed by atoms with Crippen LogP contribution in [0.4, 0.5) is 16.2 Å². The summed E-state index contributed by atoms with van der Waals surface area (Å²) >= 11 is 15.3. The van der Waals surface area contributed by atoms with Crippen molar-refractivity contribution in [2.45, 2.75) is 0 Å². The molecule has 1 aliphatic rings. The summed E-state index contributed by atoms with van der Waals surface area (Å²) in [6.07, 6.45) is 1.35. The Morgan fingerprint density at radius 2 is 1.75 bits per heavy atom. The molecule has 5 amide bonds. The van der Waals surface area contributed by atoms with Crippen LogP contribution in [0.5, 0.6) is 5.75 Å². The Morgan fingerprint density at radius 3 is 2.44 bits per heavy atom. The number of hydrogen-bond donors (Lipinski definition) is 2. The van der Waals surface area contributed by atoms with Gasteiger partial charge in [0.2, 0.25) is 0 Å². The third-order valence-electron chi connectivity index (χ3n) is 4.96. The summed E-state index contributed by atoms with van der Waals surface area (Å²) in [5, 5.41) is 5.66. The summed E-state index contributed by atoms with van der Waals surface area (Å²) in [6, 6.07) is 16.8. The second-order valence-corrected chi connectivity index (χ2v) is 9.14. The number of carbonyl (C=O) groups excluding carboxylic acids is 4. The Hall–Kier alpha value is -3.66. The van der Waals surface area contributed by atoms with E-state index in [2.05, 4.69) is 26.6 Å². The zero-order valence-corrected chi connectivity index (χ0v) is 21.4. The van der Waals surface area contributed by atoms with Gasteiger partial charge in [-0.2, -0.15) is 0 Å². The fourth-order valence-corrected chi connectivity index (χ4v) is 4.08. The number of urea groups is 1. The Bertz CT molecular complexity index is 1410. The number of nitrogens with zero attached hydrogens (tertiary/aromatic N) is 1. The third kappa shape index (κ3) is 5.76. The molecule has 2 N–H and O–H groups in total. The van der Waals surface area contributed by atoms with Gasteiger partial charge in [0.25, 0.3) is 17.7 Å². The number of hydrogen-bond acceptors (Lipinski definition) is 5. The van der Waals surface area contributed by atoms with E-state index in [0.29, 0.717) is 31.5 Å². The second kappa shape index (κ2) is 10.9. The van der Waals surface area contributed by atoms with Gasteiger partial charge in [0.15, 0.2) is 6.61 Å². The lowest BCUT2D eigenvalue weighted by Gasteiger charge is -2.26. The number of nitrogens with one attached hydrogen (secondary N) is 2. The molecule has 0 aromatic heterocycles. The SMILES string of the molecule is O=C(COc1ccc(/C=C2/C(=O)NC(=O)N(c3ccc(Cl)cc3)C2=O)cc1Br)Nc1ccccc1Cl. The van der Waals surface area contributed by atoms with Crippen molar-refractivity contribution in [3.05, 3.63) is 92.4 Å². The van der Waals surface area contributed by atoms with Gasteiger partial charge in [0.1, 0.15) is 11.3 Å². The molecule has 0 radical (unpaired) electrons. The van der Waals surface area contributed by atoms with E-state index in [1.165, 1.54) is 30.3 Å². The molecule has 36 heavy (non-hydrogen) atoms. The molecule has 1 heterocycles. The van der Waals surface area contributed by atoms with Crippen LogP contribution in [0.2, 0.25) is 10.0 Å². The Labute approximate surface area is 223 Å². The summed E-state index contributed by atoms with van der Waals surface area (Å²) in [5.41, 5.74) is 0.985. The van der Waals surface area contributed by atoms with Gasteiger partial charge in [0, 0.05) is 5.02 Å². The maximum absolute atomic E-state index is 13.0. The molecule has 182 valence electrons. The lowest BCUT2D eigenvalue weighted by Crippen LogP contribution is -2.54. The van der Waals surface area contributed by atoms with Crippen molar-refractivity contribution in [2.24, 2.45) is 0 Å². The van der Waals surface area contributed by atoms with Gasteiger partial charge in [0.05, 0.1) is 20.9 Å². The molecular formula is C25H16BrCl2N3O5. The monoisotopic (exact) mass is 587 g/mol. The zero-order chi connectivity index (χ0) is 25.8. The molecule has 1 saturated heterocycles. The molecule has 0 aliphatic carbocycles. The molecule has 11 heteroatoms. The van der Waals surface area contributed by atoms with Crippen LogP contribution in [-0.4, -0.2) is 30.4 Å². The molecule has 4 rings (SSSR count). The van der Waals surface area contributed by atoms with E-state index in [1.807, 2.05) is 0 Å². The number of imide groups is 2. The number of anilines is 2. The molecule has 0 atom stereocenters. The average Bonchev–Trinajstić information content (AvgIpc) is 2.84. The second-order valence-electron chi connectivity index (χ2n) is 7.44. The predicted molar refractivity (Wildman–Crippen MR) is 140 cm³/mol. The predicted octanol–water partition coefficient (Wildman–Crippen LogP) is 5.44. The summed E-state index contributed by atoms with van der Waals surface area (Å²) in [4.78, 5) is 50.8. The number of carbonyl (C=O) groups is 4. The normalized spacial score (nSPS) is 14.6. The van der Waals surface area contributed by atoms with Crippen molar-refractivity contribution in [1.29, 1.82) is 0 Å². The average molecular weight is 589 g/mol. The number of ether oxygens (including phenoxy) is 1. The fourth-order valence-electron chi connectivity index (χ4n) is 3.26. The topological polar surface area (TPSA) is 105 Å². The highest BCUT2D eigenvalue weighted by Crippen LogP contribution is 2.29. The van der Waals surface area contributed by atoms with Crippen molar-refractivity contribution >= 4 is 80.3 Å². The van der Waals surface area contributed by atoms with Crippen LogP contribution in [0.1, 0.15) is 5.56 Å². The molecular weight excluding hydrogens is 573 g/mol. The summed E-state index contributed by atoms with van der Waals surface area (Å²) in [7, 11) is 0. The minimum Gasteiger partial charge on any atom is -0.483 e. The largest absolute Gasteiger partial charge is 0.483 e. The highest BCUT2D eigenvalue weighted by molar-refractivity contribution is 9.10. The molecule has 1 fully saturated rings. The summed E-state index contributed by atoms with van der Waals surface area (Å²) < 4.78 is 6.05. The van der Waals surface area contributed by atoms with Gasteiger partial charge in [-0.15, -0.1) is 0 Å². The first-order valence-electron chi connectivity index (χ1n) is 10.4. The van der Waals surface area contributed by atoms with Gasteiger partial charge >= 0.3 is 6.03 Å². The number of rotatable bonds is 6. The highest BCUT2D eigenvalue weighted by Gasteiger charge is 2.36. The molecule has 0 unspecified atom stereocenters. The first kappa shape index (κ1) is 25.4. The zero-order valence-electron chi connectivity index (χ0n) is 18.3. The lowest BCUT2D eigenvalue weighted by atomic mass is 10.1. The van der Waals surface area contributed by atoms with Crippen LogP contribution in [0, 0.1) is 0 Å². The van der Waals surface area contributed by atoms with Crippen LogP contribution in [-0.2, 0) is 14.4 Å². The Balaban J connectivity index is 1.48. The van der Waals surface area contributed by atoms with Crippen molar-refractivity contribution in [1.82, 2.24) is 5.32 Å². The number of amides is 5. The lowest BCUT2D eigenvalue weighted by molar-refractivity contribution is -0.122. The smallest absolute Gasteiger partial charge is 0.335 e. The molecule has 8 nitrogen and oxygen atoms in total. The van der Waals surface area contributed by atoms with Crippen LogP contribution < -0.4 is 20.3 Å². The van der Waals surface area contributed by atoms with Gasteiger partial charge in [-0.3, -0.25) is 19.7 Å². The molecule has 1 aliphatic heterocycles. The van der Waals surface area contributed by atoms with Crippen molar-refractivity contribution in [3.8, 4) is 5.75 Å². The third-order valence-corrected chi connectivity index (χ3v) is 6.16. The van der Waals surface area contributed by atoms with Crippen molar-refractivity contribution in [3.63, 3.8) is 0 Å². The standard InChI is InChI=1S/C25H16BrCl2N3O5/c26-18-12-14(5-10-21(18)36-13-22(32)29-20-4-2-1-3-19(20)28)11-17-23(33)30-25(35)31(24(17)34)16-8-6-15(27)7-9-16/h1-12H,13H2,(H,29,32)(H,30,33,35)/b17-11-. The molecule has 0 bridgehead atoms. The van der Waals surface area contributed by atoms with E-state index in [0.717, 1.165) is 4.90 Å². The molecule has 0 saturated carbocycles. The molecule has 3 aromatic rings. The molecule has 3 aromatic carbocycles.